The molecule has 0 bridgehead atoms. The molecule has 2 heteroatoms. The second-order valence-electron chi connectivity index (χ2n) is 7.82. The van der Waals surface area contributed by atoms with Gasteiger partial charge in [-0.05, 0) is 56.9 Å². The molecule has 3 rings (SSSR count). The number of nitrogens with one attached hydrogen (secondary N) is 1. The lowest BCUT2D eigenvalue weighted by Gasteiger charge is -2.33. The van der Waals surface area contributed by atoms with E-state index in [0.29, 0.717) is 11.7 Å². The van der Waals surface area contributed by atoms with Gasteiger partial charge in [0.1, 0.15) is 0 Å². The van der Waals surface area contributed by atoms with Crippen molar-refractivity contribution in [2.75, 3.05) is 13.1 Å². The van der Waals surface area contributed by atoms with Crippen molar-refractivity contribution in [2.24, 2.45) is 11.8 Å². The van der Waals surface area contributed by atoms with Gasteiger partial charge in [0.05, 0.1) is 11.7 Å². The maximum Gasteiger partial charge on any atom is 0.0708 e. The summed E-state index contributed by atoms with van der Waals surface area (Å²) in [6, 6.07) is 0. The Balaban J connectivity index is 1.35. The summed E-state index contributed by atoms with van der Waals surface area (Å²) >= 11 is 0. The van der Waals surface area contributed by atoms with Crippen LogP contribution in [0.4, 0.5) is 0 Å². The number of ether oxygens (including phenoxy) is 1. The van der Waals surface area contributed by atoms with E-state index in [0.717, 1.165) is 18.4 Å². The number of hydrogen-bond donors (Lipinski definition) is 1. The van der Waals surface area contributed by atoms with Crippen molar-refractivity contribution in [3.05, 3.63) is 0 Å². The van der Waals surface area contributed by atoms with Crippen molar-refractivity contribution in [3.8, 4) is 0 Å². The monoisotopic (exact) mass is 279 g/mol. The zero-order chi connectivity index (χ0) is 13.8. The fourth-order valence-corrected chi connectivity index (χ4v) is 4.80. The number of rotatable bonds is 4. The molecule has 3 unspecified atom stereocenters. The molecule has 0 aromatic carbocycles. The van der Waals surface area contributed by atoms with Crippen LogP contribution in [0.5, 0.6) is 0 Å². The topological polar surface area (TPSA) is 21.3 Å². The lowest BCUT2D eigenvalue weighted by atomic mass is 9.82. The first-order valence-electron chi connectivity index (χ1n) is 9.14. The van der Waals surface area contributed by atoms with E-state index < -0.39 is 0 Å². The molecule has 1 saturated heterocycles. The Bertz CT molecular complexity index is 298. The zero-order valence-corrected chi connectivity index (χ0v) is 13.3. The van der Waals surface area contributed by atoms with Crippen LogP contribution >= 0.6 is 0 Å². The lowest BCUT2D eigenvalue weighted by molar-refractivity contribution is -0.0625. The van der Waals surface area contributed by atoms with Gasteiger partial charge in [-0.15, -0.1) is 0 Å². The summed E-state index contributed by atoms with van der Waals surface area (Å²) in [6.45, 7) is 4.73. The standard InChI is InChI=1S/C18H33NO/c1-15-6-5-7-16(12-15)13-19-14-17-8-11-18(20-17)9-3-2-4-10-18/h15-17,19H,2-14H2,1H3. The predicted octanol–water partition coefficient (Wildman–Crippen LogP) is 4.28. The van der Waals surface area contributed by atoms with Crippen molar-refractivity contribution >= 4 is 0 Å². The van der Waals surface area contributed by atoms with E-state index in [4.69, 9.17) is 4.74 Å². The van der Waals surface area contributed by atoms with Crippen molar-refractivity contribution in [1.29, 1.82) is 0 Å². The van der Waals surface area contributed by atoms with Crippen LogP contribution in [-0.4, -0.2) is 24.8 Å². The van der Waals surface area contributed by atoms with Gasteiger partial charge >= 0.3 is 0 Å². The van der Waals surface area contributed by atoms with Crippen LogP contribution in [0.3, 0.4) is 0 Å². The third-order valence-corrected chi connectivity index (χ3v) is 5.95. The van der Waals surface area contributed by atoms with Gasteiger partial charge < -0.3 is 10.1 Å². The van der Waals surface area contributed by atoms with Crippen molar-refractivity contribution in [1.82, 2.24) is 5.32 Å². The molecule has 0 aromatic rings. The van der Waals surface area contributed by atoms with Gasteiger partial charge in [0.25, 0.3) is 0 Å². The first-order valence-corrected chi connectivity index (χ1v) is 9.14. The largest absolute Gasteiger partial charge is 0.370 e. The molecule has 3 fully saturated rings. The molecule has 3 atom stereocenters. The van der Waals surface area contributed by atoms with E-state index in [2.05, 4.69) is 12.2 Å². The molecule has 2 saturated carbocycles. The van der Waals surface area contributed by atoms with E-state index >= 15 is 0 Å². The summed E-state index contributed by atoms with van der Waals surface area (Å²) in [5, 5.41) is 3.71. The van der Waals surface area contributed by atoms with Crippen LogP contribution in [0.15, 0.2) is 0 Å². The lowest BCUT2D eigenvalue weighted by Crippen LogP contribution is -2.36. The Labute approximate surface area is 125 Å². The Hall–Kier alpha value is -0.0800. The third kappa shape index (κ3) is 3.76. The van der Waals surface area contributed by atoms with Crippen LogP contribution in [0.25, 0.3) is 0 Å². The van der Waals surface area contributed by atoms with Gasteiger partial charge in [0.2, 0.25) is 0 Å². The van der Waals surface area contributed by atoms with E-state index in [9.17, 15) is 0 Å². The molecule has 3 aliphatic rings. The quantitative estimate of drug-likeness (QED) is 0.829. The smallest absolute Gasteiger partial charge is 0.0708 e. The van der Waals surface area contributed by atoms with Gasteiger partial charge in [-0.1, -0.05) is 39.0 Å². The Kier molecular flexibility index (Phi) is 5.04. The van der Waals surface area contributed by atoms with Crippen molar-refractivity contribution in [2.45, 2.75) is 89.3 Å². The highest BCUT2D eigenvalue weighted by molar-refractivity contribution is 4.91. The molecule has 20 heavy (non-hydrogen) atoms. The minimum Gasteiger partial charge on any atom is -0.370 e. The Morgan fingerprint density at radius 3 is 2.60 bits per heavy atom. The fraction of sp³-hybridized carbons (Fsp3) is 1.00. The molecular formula is C18H33NO. The summed E-state index contributed by atoms with van der Waals surface area (Å²) in [4.78, 5) is 0. The molecule has 2 aliphatic carbocycles. The molecule has 0 radical (unpaired) electrons. The van der Waals surface area contributed by atoms with Crippen molar-refractivity contribution < 1.29 is 4.74 Å². The molecule has 0 amide bonds. The molecule has 1 heterocycles. The molecule has 1 N–H and O–H groups in total. The maximum atomic E-state index is 6.44. The van der Waals surface area contributed by atoms with Gasteiger partial charge in [0, 0.05) is 6.54 Å². The first-order chi connectivity index (χ1) is 9.76. The Morgan fingerprint density at radius 1 is 0.950 bits per heavy atom. The SMILES string of the molecule is CC1CCCC(CNCC2CCC3(CCCCC3)O2)C1. The van der Waals surface area contributed by atoms with Gasteiger partial charge in [-0.25, -0.2) is 0 Å². The second kappa shape index (κ2) is 6.79. The normalized spacial score (nSPS) is 37.4. The van der Waals surface area contributed by atoms with Gasteiger partial charge in [-0.2, -0.15) is 0 Å². The van der Waals surface area contributed by atoms with Crippen LogP contribution in [0.1, 0.15) is 77.6 Å². The van der Waals surface area contributed by atoms with E-state index in [1.165, 1.54) is 77.2 Å². The summed E-state index contributed by atoms with van der Waals surface area (Å²) in [5.41, 5.74) is 0.296. The van der Waals surface area contributed by atoms with Crippen LogP contribution in [0, 0.1) is 11.8 Å². The fourth-order valence-electron chi connectivity index (χ4n) is 4.80. The predicted molar refractivity (Wildman–Crippen MR) is 83.9 cm³/mol. The van der Waals surface area contributed by atoms with Crippen molar-refractivity contribution in [3.63, 3.8) is 0 Å². The highest BCUT2D eigenvalue weighted by Crippen LogP contribution is 2.41. The summed E-state index contributed by atoms with van der Waals surface area (Å²) < 4.78 is 6.44. The van der Waals surface area contributed by atoms with Crippen LogP contribution in [0.2, 0.25) is 0 Å². The molecule has 1 aliphatic heterocycles. The maximum absolute atomic E-state index is 6.44. The highest BCUT2D eigenvalue weighted by Gasteiger charge is 2.40. The van der Waals surface area contributed by atoms with Crippen LogP contribution < -0.4 is 5.32 Å². The summed E-state index contributed by atoms with van der Waals surface area (Å²) in [5.74, 6) is 1.87. The summed E-state index contributed by atoms with van der Waals surface area (Å²) in [6.07, 6.45) is 15.7. The minimum absolute atomic E-state index is 0.296. The third-order valence-electron chi connectivity index (χ3n) is 5.95. The summed E-state index contributed by atoms with van der Waals surface area (Å²) in [7, 11) is 0. The first kappa shape index (κ1) is 14.8. The molecule has 116 valence electrons. The average molecular weight is 279 g/mol. The molecular weight excluding hydrogens is 246 g/mol. The zero-order valence-electron chi connectivity index (χ0n) is 13.3. The molecule has 1 spiro atoms. The second-order valence-corrected chi connectivity index (χ2v) is 7.82. The molecule has 2 nitrogen and oxygen atoms in total. The molecule has 0 aromatic heterocycles. The van der Waals surface area contributed by atoms with E-state index in [1.807, 2.05) is 0 Å². The highest BCUT2D eigenvalue weighted by atomic mass is 16.5. The van der Waals surface area contributed by atoms with E-state index in [-0.39, 0.29) is 0 Å². The van der Waals surface area contributed by atoms with E-state index in [1.54, 1.807) is 0 Å². The van der Waals surface area contributed by atoms with Gasteiger partial charge in [-0.3, -0.25) is 0 Å². The number of hydrogen-bond acceptors (Lipinski definition) is 2. The minimum atomic E-state index is 0.296. The van der Waals surface area contributed by atoms with Gasteiger partial charge in [0.15, 0.2) is 0 Å². The average Bonchev–Trinajstić information content (AvgIpc) is 2.83. The van der Waals surface area contributed by atoms with Crippen LogP contribution in [-0.2, 0) is 4.74 Å². The Morgan fingerprint density at radius 2 is 1.80 bits per heavy atom.